The normalized spacial score (nSPS) is 12.4. The van der Waals surface area contributed by atoms with Crippen molar-refractivity contribution in [1.29, 1.82) is 0 Å². The van der Waals surface area contributed by atoms with Gasteiger partial charge in [0.15, 0.2) is 0 Å². The molecule has 0 heterocycles. The van der Waals surface area contributed by atoms with Crippen LogP contribution < -0.4 is 5.32 Å². The van der Waals surface area contributed by atoms with E-state index in [1.807, 2.05) is 0 Å². The fourth-order valence-corrected chi connectivity index (χ4v) is 2.53. The number of benzene rings is 2. The van der Waals surface area contributed by atoms with Crippen LogP contribution in [0.15, 0.2) is 42.5 Å². The number of methoxy groups -OCH3 is 1. The molecular formula is C19H25NO. The van der Waals surface area contributed by atoms with E-state index in [0.29, 0.717) is 12.6 Å². The van der Waals surface area contributed by atoms with Gasteiger partial charge in [0, 0.05) is 19.7 Å². The van der Waals surface area contributed by atoms with Gasteiger partial charge in [-0.15, -0.1) is 0 Å². The van der Waals surface area contributed by atoms with Crippen molar-refractivity contribution in [2.75, 3.05) is 7.11 Å². The highest BCUT2D eigenvalue weighted by atomic mass is 16.5. The van der Waals surface area contributed by atoms with Crippen molar-refractivity contribution >= 4 is 0 Å². The number of ether oxygens (including phenoxy) is 1. The lowest BCUT2D eigenvalue weighted by Gasteiger charge is -2.17. The van der Waals surface area contributed by atoms with Crippen LogP contribution in [-0.2, 0) is 17.9 Å². The maximum atomic E-state index is 5.13. The highest BCUT2D eigenvalue weighted by Crippen LogP contribution is 2.19. The smallest absolute Gasteiger partial charge is 0.0713 e. The average molecular weight is 283 g/mol. The van der Waals surface area contributed by atoms with Crippen LogP contribution >= 0.6 is 0 Å². The molecule has 21 heavy (non-hydrogen) atoms. The molecule has 2 rings (SSSR count). The summed E-state index contributed by atoms with van der Waals surface area (Å²) in [5.41, 5.74) is 6.55. The van der Waals surface area contributed by atoms with E-state index in [2.05, 4.69) is 68.6 Å². The Morgan fingerprint density at radius 3 is 2.33 bits per heavy atom. The van der Waals surface area contributed by atoms with Crippen molar-refractivity contribution < 1.29 is 4.74 Å². The Kier molecular flexibility index (Phi) is 5.54. The first-order valence-corrected chi connectivity index (χ1v) is 7.47. The molecule has 112 valence electrons. The third-order valence-electron chi connectivity index (χ3n) is 3.85. The van der Waals surface area contributed by atoms with Crippen molar-refractivity contribution in [2.24, 2.45) is 0 Å². The number of hydrogen-bond acceptors (Lipinski definition) is 2. The molecule has 2 nitrogen and oxygen atoms in total. The number of nitrogens with one attached hydrogen (secondary N) is 1. The Balaban J connectivity index is 1.97. The molecule has 1 atom stereocenters. The summed E-state index contributed by atoms with van der Waals surface area (Å²) >= 11 is 0. The summed E-state index contributed by atoms with van der Waals surface area (Å²) in [4.78, 5) is 0. The van der Waals surface area contributed by atoms with Crippen LogP contribution in [0.3, 0.4) is 0 Å². The Morgan fingerprint density at radius 2 is 1.67 bits per heavy atom. The monoisotopic (exact) mass is 283 g/mol. The third kappa shape index (κ3) is 4.42. The zero-order valence-electron chi connectivity index (χ0n) is 13.4. The van der Waals surface area contributed by atoms with Crippen molar-refractivity contribution in [3.63, 3.8) is 0 Å². The highest BCUT2D eigenvalue weighted by Gasteiger charge is 2.08. The summed E-state index contributed by atoms with van der Waals surface area (Å²) < 4.78 is 5.13. The molecule has 0 fully saturated rings. The van der Waals surface area contributed by atoms with Gasteiger partial charge in [-0.25, -0.2) is 0 Å². The Bertz CT molecular complexity index is 575. The maximum Gasteiger partial charge on any atom is 0.0713 e. The van der Waals surface area contributed by atoms with Crippen molar-refractivity contribution in [3.8, 4) is 0 Å². The van der Waals surface area contributed by atoms with Gasteiger partial charge in [-0.1, -0.05) is 48.0 Å². The van der Waals surface area contributed by atoms with E-state index < -0.39 is 0 Å². The molecule has 0 saturated carbocycles. The fraction of sp³-hybridized carbons (Fsp3) is 0.368. The van der Waals surface area contributed by atoms with Crippen LogP contribution in [0.2, 0.25) is 0 Å². The summed E-state index contributed by atoms with van der Waals surface area (Å²) in [6, 6.07) is 15.6. The average Bonchev–Trinajstić information content (AvgIpc) is 2.49. The molecule has 0 radical (unpaired) electrons. The van der Waals surface area contributed by atoms with Gasteiger partial charge < -0.3 is 10.1 Å². The van der Waals surface area contributed by atoms with E-state index in [9.17, 15) is 0 Å². The lowest BCUT2D eigenvalue weighted by atomic mass is 10.00. The molecule has 0 bridgehead atoms. The Hall–Kier alpha value is -1.64. The second kappa shape index (κ2) is 7.39. The minimum atomic E-state index is 0.351. The van der Waals surface area contributed by atoms with Crippen LogP contribution in [0.25, 0.3) is 0 Å². The molecule has 2 aromatic carbocycles. The maximum absolute atomic E-state index is 5.13. The van der Waals surface area contributed by atoms with Crippen LogP contribution in [0.1, 0.15) is 40.8 Å². The molecule has 0 aliphatic rings. The second-order valence-corrected chi connectivity index (χ2v) is 5.71. The number of aryl methyl sites for hydroxylation is 2. The lowest BCUT2D eigenvalue weighted by molar-refractivity contribution is 0.185. The SMILES string of the molecule is COCc1ccc(CNC(C)c2cc(C)ccc2C)cc1. The first-order chi connectivity index (χ1) is 10.1. The predicted molar refractivity (Wildman–Crippen MR) is 88.3 cm³/mol. The van der Waals surface area contributed by atoms with Gasteiger partial charge >= 0.3 is 0 Å². The Labute approximate surface area is 128 Å². The minimum absolute atomic E-state index is 0.351. The van der Waals surface area contributed by atoms with E-state index >= 15 is 0 Å². The van der Waals surface area contributed by atoms with Crippen molar-refractivity contribution in [3.05, 3.63) is 70.3 Å². The Morgan fingerprint density at radius 1 is 1.00 bits per heavy atom. The summed E-state index contributed by atoms with van der Waals surface area (Å²) in [7, 11) is 1.72. The summed E-state index contributed by atoms with van der Waals surface area (Å²) in [5, 5.41) is 3.60. The zero-order chi connectivity index (χ0) is 15.2. The molecule has 1 unspecified atom stereocenters. The molecule has 0 amide bonds. The number of hydrogen-bond donors (Lipinski definition) is 1. The molecule has 0 spiro atoms. The zero-order valence-corrected chi connectivity index (χ0v) is 13.4. The summed E-state index contributed by atoms with van der Waals surface area (Å²) in [5.74, 6) is 0. The molecule has 0 saturated heterocycles. The topological polar surface area (TPSA) is 21.3 Å². The predicted octanol–water partition coefficient (Wildman–Crippen LogP) is 4.30. The highest BCUT2D eigenvalue weighted by molar-refractivity contribution is 5.32. The second-order valence-electron chi connectivity index (χ2n) is 5.71. The van der Waals surface area contributed by atoms with E-state index in [1.54, 1.807) is 7.11 Å². The molecule has 0 aliphatic carbocycles. The van der Waals surface area contributed by atoms with E-state index in [0.717, 1.165) is 6.54 Å². The van der Waals surface area contributed by atoms with E-state index in [4.69, 9.17) is 4.74 Å². The molecule has 2 heteroatoms. The largest absolute Gasteiger partial charge is 0.380 e. The fourth-order valence-electron chi connectivity index (χ4n) is 2.53. The summed E-state index contributed by atoms with van der Waals surface area (Å²) in [6.07, 6.45) is 0. The molecular weight excluding hydrogens is 258 g/mol. The van der Waals surface area contributed by atoms with Gasteiger partial charge in [0.05, 0.1) is 6.61 Å². The van der Waals surface area contributed by atoms with E-state index in [-0.39, 0.29) is 0 Å². The van der Waals surface area contributed by atoms with E-state index in [1.165, 1.54) is 27.8 Å². The summed E-state index contributed by atoms with van der Waals surface area (Å²) in [6.45, 7) is 8.09. The van der Waals surface area contributed by atoms with Crippen molar-refractivity contribution in [2.45, 2.75) is 40.0 Å². The molecule has 0 aromatic heterocycles. The van der Waals surface area contributed by atoms with Gasteiger partial charge in [-0.05, 0) is 43.0 Å². The molecule has 2 aromatic rings. The van der Waals surface area contributed by atoms with Crippen LogP contribution in [-0.4, -0.2) is 7.11 Å². The first kappa shape index (κ1) is 15.7. The van der Waals surface area contributed by atoms with Crippen LogP contribution in [0.4, 0.5) is 0 Å². The molecule has 1 N–H and O–H groups in total. The van der Waals surface area contributed by atoms with Gasteiger partial charge in [-0.3, -0.25) is 0 Å². The van der Waals surface area contributed by atoms with Gasteiger partial charge in [0.1, 0.15) is 0 Å². The standard InChI is InChI=1S/C19H25NO/c1-14-5-6-15(2)19(11-14)16(3)20-12-17-7-9-18(10-8-17)13-21-4/h5-11,16,20H,12-13H2,1-4H3. The lowest BCUT2D eigenvalue weighted by Crippen LogP contribution is -2.19. The third-order valence-corrected chi connectivity index (χ3v) is 3.85. The first-order valence-electron chi connectivity index (χ1n) is 7.47. The minimum Gasteiger partial charge on any atom is -0.380 e. The van der Waals surface area contributed by atoms with Crippen LogP contribution in [0, 0.1) is 13.8 Å². The van der Waals surface area contributed by atoms with Crippen LogP contribution in [0.5, 0.6) is 0 Å². The quantitative estimate of drug-likeness (QED) is 0.853. The van der Waals surface area contributed by atoms with Gasteiger partial charge in [-0.2, -0.15) is 0 Å². The van der Waals surface area contributed by atoms with Crippen molar-refractivity contribution in [1.82, 2.24) is 5.32 Å². The number of rotatable bonds is 6. The van der Waals surface area contributed by atoms with Gasteiger partial charge in [0.25, 0.3) is 0 Å². The molecule has 0 aliphatic heterocycles. The van der Waals surface area contributed by atoms with Gasteiger partial charge in [0.2, 0.25) is 0 Å².